The van der Waals surface area contributed by atoms with Gasteiger partial charge in [0.15, 0.2) is 5.13 Å². The molecule has 0 saturated carbocycles. The first-order valence-electron chi connectivity index (χ1n) is 6.41. The Kier molecular flexibility index (Phi) is 3.19. The summed E-state index contributed by atoms with van der Waals surface area (Å²) in [6.07, 6.45) is 3.88. The third-order valence-electron chi connectivity index (χ3n) is 3.32. The normalized spacial score (nSPS) is 15.9. The molecular weight excluding hydrogens is 242 g/mol. The molecule has 2 aromatic rings. The minimum atomic E-state index is 0.662. The lowest BCUT2D eigenvalue weighted by molar-refractivity contribution is 0.580. The number of hydrogen-bond acceptors (Lipinski definition) is 4. The summed E-state index contributed by atoms with van der Waals surface area (Å²) >= 11 is 1.61. The van der Waals surface area contributed by atoms with E-state index in [9.17, 15) is 0 Å². The molecule has 18 heavy (non-hydrogen) atoms. The number of thiazole rings is 1. The second-order valence-electron chi connectivity index (χ2n) is 4.62. The van der Waals surface area contributed by atoms with Crippen molar-refractivity contribution in [1.82, 2.24) is 4.98 Å². The smallest absolute Gasteiger partial charge is 0.182 e. The fourth-order valence-electron chi connectivity index (χ4n) is 2.42. The Bertz CT molecular complexity index is 515. The maximum atomic E-state index is 5.90. The van der Waals surface area contributed by atoms with E-state index in [1.165, 1.54) is 24.3 Å². The maximum absolute atomic E-state index is 5.90. The van der Waals surface area contributed by atoms with Gasteiger partial charge in [0.1, 0.15) is 10.7 Å². The van der Waals surface area contributed by atoms with Crippen LogP contribution >= 0.6 is 11.3 Å². The molecule has 3 rings (SSSR count). The van der Waals surface area contributed by atoms with Crippen LogP contribution in [0.1, 0.15) is 19.3 Å². The van der Waals surface area contributed by atoms with Crippen molar-refractivity contribution in [3.63, 3.8) is 0 Å². The largest absolute Gasteiger partial charge is 0.375 e. The molecule has 0 bridgehead atoms. The number of hydrogen-bond donors (Lipinski definition) is 1. The first-order valence-corrected chi connectivity index (χ1v) is 7.23. The second kappa shape index (κ2) is 4.98. The van der Waals surface area contributed by atoms with E-state index in [-0.39, 0.29) is 0 Å². The quantitative estimate of drug-likeness (QED) is 0.899. The molecule has 0 atom stereocenters. The van der Waals surface area contributed by atoms with Crippen LogP contribution in [-0.4, -0.2) is 18.1 Å². The van der Waals surface area contributed by atoms with Gasteiger partial charge in [-0.2, -0.15) is 0 Å². The van der Waals surface area contributed by atoms with Crippen molar-refractivity contribution >= 4 is 21.5 Å². The lowest BCUT2D eigenvalue weighted by Crippen LogP contribution is -2.29. The summed E-state index contributed by atoms with van der Waals surface area (Å²) < 4.78 is 0. The van der Waals surface area contributed by atoms with Crippen molar-refractivity contribution in [2.24, 2.45) is 0 Å². The van der Waals surface area contributed by atoms with Crippen molar-refractivity contribution < 1.29 is 0 Å². The number of nitrogen functional groups attached to an aromatic ring is 1. The van der Waals surface area contributed by atoms with E-state index in [0.717, 1.165) is 24.3 Å². The van der Waals surface area contributed by atoms with E-state index in [2.05, 4.69) is 22.0 Å². The molecule has 3 nitrogen and oxygen atoms in total. The molecule has 1 aromatic heterocycles. The third kappa shape index (κ3) is 2.20. The molecule has 1 aliphatic heterocycles. The van der Waals surface area contributed by atoms with E-state index in [0.29, 0.717) is 5.13 Å². The predicted octanol–water partition coefficient (Wildman–Crippen LogP) is 3.38. The molecular formula is C14H17N3S. The molecule has 1 aromatic carbocycles. The summed E-state index contributed by atoms with van der Waals surface area (Å²) in [5.74, 6) is 0. The Hall–Kier alpha value is -1.55. The molecule has 0 radical (unpaired) electrons. The van der Waals surface area contributed by atoms with Gasteiger partial charge in [0.25, 0.3) is 0 Å². The van der Waals surface area contributed by atoms with E-state index in [1.807, 2.05) is 18.2 Å². The van der Waals surface area contributed by atoms with Crippen LogP contribution < -0.4 is 10.6 Å². The Morgan fingerprint density at radius 3 is 2.50 bits per heavy atom. The standard InChI is InChI=1S/C14H17N3S/c15-14-16-12(11-7-3-1-4-8-11)13(18-14)17-9-5-2-6-10-17/h1,3-4,7-8H,2,5-6,9-10H2,(H2,15,16). The van der Waals surface area contributed by atoms with Crippen LogP contribution in [0.2, 0.25) is 0 Å². The zero-order chi connectivity index (χ0) is 12.4. The maximum Gasteiger partial charge on any atom is 0.182 e. The minimum Gasteiger partial charge on any atom is -0.375 e. The van der Waals surface area contributed by atoms with Crippen LogP contribution in [0.5, 0.6) is 0 Å². The van der Waals surface area contributed by atoms with Gasteiger partial charge in [-0.1, -0.05) is 41.7 Å². The van der Waals surface area contributed by atoms with Gasteiger partial charge in [0.05, 0.1) is 0 Å². The molecule has 1 saturated heterocycles. The summed E-state index contributed by atoms with van der Waals surface area (Å²) in [5, 5.41) is 1.90. The SMILES string of the molecule is Nc1nc(-c2ccccc2)c(N2CCCCC2)s1. The number of aromatic nitrogens is 1. The highest BCUT2D eigenvalue weighted by atomic mass is 32.1. The molecule has 0 spiro atoms. The number of rotatable bonds is 2. The van der Waals surface area contributed by atoms with Gasteiger partial charge in [-0.25, -0.2) is 4.98 Å². The zero-order valence-electron chi connectivity index (χ0n) is 10.3. The topological polar surface area (TPSA) is 42.1 Å². The van der Waals surface area contributed by atoms with E-state index in [4.69, 9.17) is 5.73 Å². The van der Waals surface area contributed by atoms with Crippen LogP contribution in [0.15, 0.2) is 30.3 Å². The van der Waals surface area contributed by atoms with Gasteiger partial charge >= 0.3 is 0 Å². The molecule has 1 aliphatic rings. The van der Waals surface area contributed by atoms with Gasteiger partial charge in [0.2, 0.25) is 0 Å². The van der Waals surface area contributed by atoms with Crippen molar-refractivity contribution in [3.8, 4) is 11.3 Å². The molecule has 1 fully saturated rings. The van der Waals surface area contributed by atoms with Crippen LogP contribution in [0.25, 0.3) is 11.3 Å². The summed E-state index contributed by atoms with van der Waals surface area (Å²) in [7, 11) is 0. The summed E-state index contributed by atoms with van der Waals surface area (Å²) in [6, 6.07) is 10.3. The van der Waals surface area contributed by atoms with Crippen molar-refractivity contribution in [2.75, 3.05) is 23.7 Å². The van der Waals surface area contributed by atoms with Gasteiger partial charge in [0, 0.05) is 18.7 Å². The van der Waals surface area contributed by atoms with Gasteiger partial charge in [-0.05, 0) is 19.3 Å². The predicted molar refractivity (Wildman–Crippen MR) is 78.0 cm³/mol. The highest BCUT2D eigenvalue weighted by Gasteiger charge is 2.19. The van der Waals surface area contributed by atoms with Gasteiger partial charge in [-0.15, -0.1) is 0 Å². The van der Waals surface area contributed by atoms with Gasteiger partial charge < -0.3 is 10.6 Å². The third-order valence-corrected chi connectivity index (χ3v) is 4.26. The Morgan fingerprint density at radius 1 is 1.06 bits per heavy atom. The highest BCUT2D eigenvalue weighted by molar-refractivity contribution is 7.19. The van der Waals surface area contributed by atoms with Crippen LogP contribution in [-0.2, 0) is 0 Å². The number of nitrogens with zero attached hydrogens (tertiary/aromatic N) is 2. The number of nitrogens with two attached hydrogens (primary N) is 1. The van der Waals surface area contributed by atoms with E-state index >= 15 is 0 Å². The first kappa shape index (κ1) is 11.5. The fraction of sp³-hybridized carbons (Fsp3) is 0.357. The van der Waals surface area contributed by atoms with Gasteiger partial charge in [-0.3, -0.25) is 0 Å². The van der Waals surface area contributed by atoms with E-state index in [1.54, 1.807) is 11.3 Å². The molecule has 0 unspecified atom stereocenters. The number of benzene rings is 1. The lowest BCUT2D eigenvalue weighted by atomic mass is 10.1. The molecule has 94 valence electrons. The van der Waals surface area contributed by atoms with E-state index < -0.39 is 0 Å². The minimum absolute atomic E-state index is 0.662. The highest BCUT2D eigenvalue weighted by Crippen LogP contribution is 2.38. The average Bonchev–Trinajstić information content (AvgIpc) is 2.83. The number of piperidine rings is 1. The van der Waals surface area contributed by atoms with Crippen molar-refractivity contribution in [2.45, 2.75) is 19.3 Å². The van der Waals surface area contributed by atoms with Crippen LogP contribution in [0.3, 0.4) is 0 Å². The second-order valence-corrected chi connectivity index (χ2v) is 5.63. The Balaban J connectivity index is 1.99. The average molecular weight is 259 g/mol. The lowest BCUT2D eigenvalue weighted by Gasteiger charge is -2.27. The van der Waals surface area contributed by atoms with Crippen LogP contribution in [0, 0.1) is 0 Å². The molecule has 2 N–H and O–H groups in total. The van der Waals surface area contributed by atoms with Crippen molar-refractivity contribution in [1.29, 1.82) is 0 Å². The number of anilines is 2. The Morgan fingerprint density at radius 2 is 1.78 bits per heavy atom. The molecule has 2 heterocycles. The monoisotopic (exact) mass is 259 g/mol. The molecule has 4 heteroatoms. The molecule has 0 amide bonds. The summed E-state index contributed by atoms with van der Waals surface area (Å²) in [6.45, 7) is 2.25. The summed E-state index contributed by atoms with van der Waals surface area (Å²) in [5.41, 5.74) is 8.10. The zero-order valence-corrected chi connectivity index (χ0v) is 11.1. The first-order chi connectivity index (χ1) is 8.84. The van der Waals surface area contributed by atoms with Crippen LogP contribution in [0.4, 0.5) is 10.1 Å². The van der Waals surface area contributed by atoms with Crippen molar-refractivity contribution in [3.05, 3.63) is 30.3 Å². The fourth-order valence-corrected chi connectivity index (χ4v) is 3.33. The Labute approximate surface area is 111 Å². The summed E-state index contributed by atoms with van der Waals surface area (Å²) in [4.78, 5) is 6.94. The molecule has 0 aliphatic carbocycles.